The van der Waals surface area contributed by atoms with Crippen molar-refractivity contribution in [2.45, 2.75) is 37.5 Å². The lowest BCUT2D eigenvalue weighted by Gasteiger charge is -2.08. The summed E-state index contributed by atoms with van der Waals surface area (Å²) in [6.07, 6.45) is 5.67. The van der Waals surface area contributed by atoms with E-state index in [4.69, 9.17) is 11.6 Å². The zero-order valence-electron chi connectivity index (χ0n) is 7.76. The van der Waals surface area contributed by atoms with Crippen LogP contribution in [0.15, 0.2) is 0 Å². The number of carbonyl (C=O) groups is 1. The highest BCUT2D eigenvalue weighted by molar-refractivity contribution is 6.21. The number of amides is 1. The van der Waals surface area contributed by atoms with Gasteiger partial charge in [0, 0.05) is 13.0 Å². The molecule has 3 heteroatoms. The van der Waals surface area contributed by atoms with Crippen molar-refractivity contribution in [1.82, 2.24) is 5.32 Å². The Morgan fingerprint density at radius 3 is 2.62 bits per heavy atom. The van der Waals surface area contributed by atoms with Gasteiger partial charge in [0.1, 0.15) is 0 Å². The van der Waals surface area contributed by atoms with Gasteiger partial charge in [0.2, 0.25) is 5.91 Å². The van der Waals surface area contributed by atoms with Gasteiger partial charge in [-0.2, -0.15) is 0 Å². The van der Waals surface area contributed by atoms with E-state index in [2.05, 4.69) is 5.32 Å². The van der Waals surface area contributed by atoms with E-state index in [0.717, 1.165) is 0 Å². The Bertz CT molecular complexity index is 199. The number of carbonyl (C=O) groups excluding carboxylic acids is 1. The monoisotopic (exact) mass is 201 g/mol. The molecule has 2 saturated carbocycles. The van der Waals surface area contributed by atoms with E-state index in [1.165, 1.54) is 25.7 Å². The lowest BCUT2D eigenvalue weighted by molar-refractivity contribution is -0.121. The van der Waals surface area contributed by atoms with Crippen LogP contribution in [0, 0.1) is 11.8 Å². The van der Waals surface area contributed by atoms with Crippen LogP contribution in [0.2, 0.25) is 0 Å². The third-order valence-corrected chi connectivity index (χ3v) is 3.31. The Morgan fingerprint density at radius 1 is 1.38 bits per heavy atom. The maximum atomic E-state index is 11.3. The van der Waals surface area contributed by atoms with E-state index in [1.807, 2.05) is 0 Å². The van der Waals surface area contributed by atoms with Gasteiger partial charge in [0.25, 0.3) is 0 Å². The molecule has 2 rings (SSSR count). The quantitative estimate of drug-likeness (QED) is 0.677. The van der Waals surface area contributed by atoms with E-state index in [1.54, 1.807) is 0 Å². The topological polar surface area (TPSA) is 29.1 Å². The molecule has 0 heterocycles. The molecule has 0 saturated heterocycles. The van der Waals surface area contributed by atoms with Gasteiger partial charge < -0.3 is 5.32 Å². The van der Waals surface area contributed by atoms with E-state index >= 15 is 0 Å². The van der Waals surface area contributed by atoms with Crippen LogP contribution in [0.25, 0.3) is 0 Å². The van der Waals surface area contributed by atoms with Gasteiger partial charge >= 0.3 is 0 Å². The first-order valence-corrected chi connectivity index (χ1v) is 5.60. The maximum absolute atomic E-state index is 11.3. The van der Waals surface area contributed by atoms with Crippen molar-refractivity contribution in [2.24, 2.45) is 11.8 Å². The molecule has 1 amide bonds. The second-order valence-electron chi connectivity index (χ2n) is 4.31. The summed E-state index contributed by atoms with van der Waals surface area (Å²) in [6.45, 7) is 0.664. The minimum absolute atomic E-state index is 0.170. The Balaban J connectivity index is 1.57. The Kier molecular flexibility index (Phi) is 2.77. The fourth-order valence-electron chi connectivity index (χ4n) is 1.49. The van der Waals surface area contributed by atoms with Crippen molar-refractivity contribution in [3.05, 3.63) is 0 Å². The minimum Gasteiger partial charge on any atom is -0.355 e. The van der Waals surface area contributed by atoms with Gasteiger partial charge in [-0.25, -0.2) is 0 Å². The number of nitrogens with one attached hydrogen (secondary N) is 1. The van der Waals surface area contributed by atoms with Crippen LogP contribution in [0.1, 0.15) is 32.1 Å². The second kappa shape index (κ2) is 3.87. The van der Waals surface area contributed by atoms with Crippen molar-refractivity contribution >= 4 is 17.5 Å². The molecule has 2 aliphatic carbocycles. The molecule has 0 aliphatic heterocycles. The van der Waals surface area contributed by atoms with Crippen molar-refractivity contribution in [3.63, 3.8) is 0 Å². The summed E-state index contributed by atoms with van der Waals surface area (Å²) in [5.41, 5.74) is 0. The van der Waals surface area contributed by atoms with Crippen LogP contribution in [0.4, 0.5) is 0 Å². The van der Waals surface area contributed by atoms with Crippen LogP contribution in [0.3, 0.4) is 0 Å². The molecule has 2 fully saturated rings. The van der Waals surface area contributed by atoms with E-state index in [-0.39, 0.29) is 11.3 Å². The number of rotatable bonds is 5. The molecule has 0 aromatic carbocycles. The molecule has 1 atom stereocenters. The average molecular weight is 202 g/mol. The molecule has 1 N–H and O–H groups in total. The predicted octanol–water partition coefficient (Wildman–Crippen LogP) is 1.92. The predicted molar refractivity (Wildman–Crippen MR) is 52.7 cm³/mol. The number of hydrogen-bond acceptors (Lipinski definition) is 1. The Morgan fingerprint density at radius 2 is 2.08 bits per heavy atom. The van der Waals surface area contributed by atoms with E-state index in [9.17, 15) is 4.79 Å². The van der Waals surface area contributed by atoms with Crippen LogP contribution in [0.5, 0.6) is 0 Å². The molecular formula is C10H16ClNO. The lowest BCUT2D eigenvalue weighted by Crippen LogP contribution is -2.30. The molecule has 0 aromatic rings. The third kappa shape index (κ3) is 3.18. The van der Waals surface area contributed by atoms with Crippen molar-refractivity contribution < 1.29 is 4.79 Å². The molecule has 2 nitrogen and oxygen atoms in total. The summed E-state index contributed by atoms with van der Waals surface area (Å²) in [4.78, 5) is 11.3. The largest absolute Gasteiger partial charge is 0.355 e. The summed E-state index contributed by atoms with van der Waals surface area (Å²) in [6, 6.07) is 0. The first-order valence-electron chi connectivity index (χ1n) is 5.16. The first-order chi connectivity index (χ1) is 6.25. The van der Waals surface area contributed by atoms with Crippen molar-refractivity contribution in [1.29, 1.82) is 0 Å². The molecule has 1 unspecified atom stereocenters. The van der Waals surface area contributed by atoms with Crippen molar-refractivity contribution in [2.75, 3.05) is 6.54 Å². The van der Waals surface area contributed by atoms with Gasteiger partial charge in [0.15, 0.2) is 0 Å². The Hall–Kier alpha value is -0.240. The highest BCUT2D eigenvalue weighted by atomic mass is 35.5. The minimum atomic E-state index is 0.170. The molecule has 13 heavy (non-hydrogen) atoms. The molecule has 74 valence electrons. The number of alkyl halides is 1. The molecule has 0 bridgehead atoms. The third-order valence-electron chi connectivity index (χ3n) is 2.80. The highest BCUT2D eigenvalue weighted by Gasteiger charge is 2.30. The zero-order valence-corrected chi connectivity index (χ0v) is 8.52. The van der Waals surface area contributed by atoms with E-state index < -0.39 is 0 Å². The van der Waals surface area contributed by atoms with Gasteiger partial charge in [-0.3, -0.25) is 4.79 Å². The summed E-state index contributed by atoms with van der Waals surface area (Å²) in [7, 11) is 0. The smallest absolute Gasteiger partial charge is 0.220 e. The maximum Gasteiger partial charge on any atom is 0.220 e. The van der Waals surface area contributed by atoms with Gasteiger partial charge in [-0.1, -0.05) is 0 Å². The number of hydrogen-bond donors (Lipinski definition) is 1. The standard InChI is InChI=1S/C10H16ClNO/c11-9(8-3-4-8)6-12-10(13)5-7-1-2-7/h7-9H,1-6H2,(H,12,13). The van der Waals surface area contributed by atoms with Gasteiger partial charge in [-0.15, -0.1) is 11.6 Å². The first kappa shape index (κ1) is 9.32. The molecule has 0 radical (unpaired) electrons. The average Bonchev–Trinajstić information content (AvgIpc) is 2.90. The fraction of sp³-hybridized carbons (Fsp3) is 0.900. The van der Waals surface area contributed by atoms with Crippen LogP contribution in [-0.4, -0.2) is 17.8 Å². The molecular weight excluding hydrogens is 186 g/mol. The fourth-order valence-corrected chi connectivity index (χ4v) is 1.82. The SMILES string of the molecule is O=C(CC1CC1)NCC(Cl)C1CC1. The summed E-state index contributed by atoms with van der Waals surface area (Å²) < 4.78 is 0. The van der Waals surface area contributed by atoms with Crippen LogP contribution < -0.4 is 5.32 Å². The van der Waals surface area contributed by atoms with Crippen molar-refractivity contribution in [3.8, 4) is 0 Å². The molecule has 0 aromatic heterocycles. The normalized spacial score (nSPS) is 24.1. The summed E-state index contributed by atoms with van der Waals surface area (Å²) in [5, 5.41) is 3.07. The highest BCUT2D eigenvalue weighted by Crippen LogP contribution is 2.35. The van der Waals surface area contributed by atoms with Crippen LogP contribution >= 0.6 is 11.6 Å². The lowest BCUT2D eigenvalue weighted by atomic mass is 10.2. The summed E-state index contributed by atoms with van der Waals surface area (Å²) in [5.74, 6) is 1.53. The molecule has 2 aliphatic rings. The van der Waals surface area contributed by atoms with E-state index in [0.29, 0.717) is 24.8 Å². The van der Waals surface area contributed by atoms with Gasteiger partial charge in [0.05, 0.1) is 5.38 Å². The molecule has 0 spiro atoms. The Labute approximate surface area is 84.0 Å². The van der Waals surface area contributed by atoms with Gasteiger partial charge in [-0.05, 0) is 37.5 Å². The zero-order chi connectivity index (χ0) is 9.26. The summed E-state index contributed by atoms with van der Waals surface area (Å²) >= 11 is 6.06. The number of halogens is 1. The van der Waals surface area contributed by atoms with Crippen LogP contribution in [-0.2, 0) is 4.79 Å². The second-order valence-corrected chi connectivity index (χ2v) is 4.87.